The number of nitrogens with one attached hydrogen (secondary N) is 2. The van der Waals surface area contributed by atoms with Gasteiger partial charge in [0.15, 0.2) is 0 Å². The van der Waals surface area contributed by atoms with Gasteiger partial charge in [0.05, 0.1) is 0 Å². The third kappa shape index (κ3) is 6.91. The maximum absolute atomic E-state index is 12.2. The molecule has 0 saturated carbocycles. The van der Waals surface area contributed by atoms with E-state index in [1.54, 1.807) is 31.2 Å². The summed E-state index contributed by atoms with van der Waals surface area (Å²) in [5, 5.41) is 5.68. The summed E-state index contributed by atoms with van der Waals surface area (Å²) in [4.78, 5) is 23.6. The predicted octanol–water partition coefficient (Wildman–Crippen LogP) is 2.70. The first kappa shape index (κ1) is 20.4. The molecule has 4 N–H and O–H groups in total. The molecule has 1 aromatic rings. The molecule has 0 aliphatic heterocycles. The van der Waals surface area contributed by atoms with Gasteiger partial charge in [-0.3, -0.25) is 9.59 Å². The summed E-state index contributed by atoms with van der Waals surface area (Å²) in [7, 11) is 0. The van der Waals surface area contributed by atoms with Crippen LogP contribution < -0.4 is 16.4 Å². The molecule has 22 heavy (non-hydrogen) atoms. The zero-order valence-electron chi connectivity index (χ0n) is 13.2. The Balaban J connectivity index is 0.00000441. The zero-order valence-corrected chi connectivity index (χ0v) is 14.0. The number of benzene rings is 1. The number of hydrogen-bond acceptors (Lipinski definition) is 3. The molecule has 1 aromatic carbocycles. The van der Waals surface area contributed by atoms with Crippen LogP contribution in [0.2, 0.25) is 0 Å². The van der Waals surface area contributed by atoms with E-state index in [4.69, 9.17) is 5.73 Å². The number of hydrogen-bond donors (Lipinski definition) is 3. The van der Waals surface area contributed by atoms with Crippen LogP contribution in [0.25, 0.3) is 0 Å². The molecule has 0 heterocycles. The van der Waals surface area contributed by atoms with Crippen LogP contribution in [0.5, 0.6) is 0 Å². The van der Waals surface area contributed by atoms with Crippen LogP contribution in [-0.2, 0) is 4.79 Å². The van der Waals surface area contributed by atoms with Crippen molar-refractivity contribution in [1.29, 1.82) is 0 Å². The van der Waals surface area contributed by atoms with E-state index in [-0.39, 0.29) is 30.3 Å². The Hall–Kier alpha value is -1.59. The van der Waals surface area contributed by atoms with Crippen LogP contribution in [0.4, 0.5) is 5.69 Å². The molecule has 0 spiro atoms. The second-order valence-electron chi connectivity index (χ2n) is 5.03. The fourth-order valence-corrected chi connectivity index (χ4v) is 1.96. The third-order valence-corrected chi connectivity index (χ3v) is 3.26. The number of rotatable bonds is 8. The first-order valence-corrected chi connectivity index (χ1v) is 7.51. The lowest BCUT2D eigenvalue weighted by Crippen LogP contribution is -2.40. The van der Waals surface area contributed by atoms with Gasteiger partial charge in [-0.15, -0.1) is 12.4 Å². The number of halogens is 1. The monoisotopic (exact) mass is 327 g/mol. The van der Waals surface area contributed by atoms with E-state index in [9.17, 15) is 9.59 Å². The molecule has 0 bridgehead atoms. The smallest absolute Gasteiger partial charge is 0.251 e. The second-order valence-corrected chi connectivity index (χ2v) is 5.03. The maximum Gasteiger partial charge on any atom is 0.251 e. The van der Waals surface area contributed by atoms with Gasteiger partial charge >= 0.3 is 0 Å². The van der Waals surface area contributed by atoms with Crippen molar-refractivity contribution in [2.75, 3.05) is 11.9 Å². The van der Waals surface area contributed by atoms with Crippen molar-refractivity contribution in [1.82, 2.24) is 5.32 Å². The first-order chi connectivity index (χ1) is 10.1. The largest absolute Gasteiger partial charge is 0.348 e. The second kappa shape index (κ2) is 11.0. The van der Waals surface area contributed by atoms with Crippen LogP contribution in [0.15, 0.2) is 24.3 Å². The molecule has 0 fully saturated rings. The SMILES string of the molecule is CCCCC(CN)NC(=O)c1cccc(NC(=O)CC)c1.Cl. The van der Waals surface area contributed by atoms with Crippen molar-refractivity contribution in [3.05, 3.63) is 29.8 Å². The molecule has 0 aliphatic rings. The van der Waals surface area contributed by atoms with Gasteiger partial charge in [-0.2, -0.15) is 0 Å². The standard InChI is InChI=1S/C16H25N3O2.ClH/c1-3-5-8-14(11-17)19-16(21)12-7-6-9-13(10-12)18-15(20)4-2;/h6-7,9-10,14H,3-5,8,11,17H2,1-2H3,(H,18,20)(H,19,21);1H. The van der Waals surface area contributed by atoms with Crippen LogP contribution in [0.3, 0.4) is 0 Å². The molecule has 0 aliphatic carbocycles. The summed E-state index contributed by atoms with van der Waals surface area (Å²) in [6.45, 7) is 4.32. The van der Waals surface area contributed by atoms with Crippen molar-refractivity contribution in [2.24, 2.45) is 5.73 Å². The Morgan fingerprint density at radius 1 is 1.27 bits per heavy atom. The Morgan fingerprint density at radius 2 is 2.00 bits per heavy atom. The van der Waals surface area contributed by atoms with E-state index < -0.39 is 0 Å². The summed E-state index contributed by atoms with van der Waals surface area (Å²) in [6.07, 6.45) is 3.40. The van der Waals surface area contributed by atoms with Gasteiger partial charge in [0.2, 0.25) is 5.91 Å². The number of carbonyl (C=O) groups is 2. The fourth-order valence-electron chi connectivity index (χ4n) is 1.96. The highest BCUT2D eigenvalue weighted by atomic mass is 35.5. The van der Waals surface area contributed by atoms with Gasteiger partial charge in [-0.1, -0.05) is 32.8 Å². The van der Waals surface area contributed by atoms with Crippen molar-refractivity contribution < 1.29 is 9.59 Å². The van der Waals surface area contributed by atoms with Gasteiger partial charge in [0, 0.05) is 30.3 Å². The van der Waals surface area contributed by atoms with Crippen molar-refractivity contribution >= 4 is 29.9 Å². The molecule has 1 rings (SSSR count). The van der Waals surface area contributed by atoms with Gasteiger partial charge in [-0.25, -0.2) is 0 Å². The molecule has 124 valence electrons. The van der Waals surface area contributed by atoms with Gasteiger partial charge < -0.3 is 16.4 Å². The van der Waals surface area contributed by atoms with Crippen LogP contribution in [-0.4, -0.2) is 24.4 Å². The minimum absolute atomic E-state index is 0. The van der Waals surface area contributed by atoms with Gasteiger partial charge in [0.1, 0.15) is 0 Å². The fraction of sp³-hybridized carbons (Fsp3) is 0.500. The highest BCUT2D eigenvalue weighted by Crippen LogP contribution is 2.11. The molecule has 1 unspecified atom stereocenters. The lowest BCUT2D eigenvalue weighted by atomic mass is 10.1. The van der Waals surface area contributed by atoms with Crippen LogP contribution >= 0.6 is 12.4 Å². The number of anilines is 1. The van der Waals surface area contributed by atoms with E-state index in [1.807, 2.05) is 0 Å². The molecule has 2 amide bonds. The highest BCUT2D eigenvalue weighted by Gasteiger charge is 2.12. The average Bonchev–Trinajstić information content (AvgIpc) is 2.51. The topological polar surface area (TPSA) is 84.2 Å². The average molecular weight is 328 g/mol. The van der Waals surface area contributed by atoms with E-state index in [0.717, 1.165) is 19.3 Å². The Morgan fingerprint density at radius 3 is 2.59 bits per heavy atom. The summed E-state index contributed by atoms with van der Waals surface area (Å²) in [6, 6.07) is 6.91. The summed E-state index contributed by atoms with van der Waals surface area (Å²) < 4.78 is 0. The zero-order chi connectivity index (χ0) is 15.7. The van der Waals surface area contributed by atoms with Crippen LogP contribution in [0, 0.1) is 0 Å². The Bertz CT molecular complexity index is 480. The number of amides is 2. The predicted molar refractivity (Wildman–Crippen MR) is 92.4 cm³/mol. The minimum atomic E-state index is -0.158. The minimum Gasteiger partial charge on any atom is -0.348 e. The molecule has 5 nitrogen and oxygen atoms in total. The summed E-state index contributed by atoms with van der Waals surface area (Å²) in [5.74, 6) is -0.232. The summed E-state index contributed by atoms with van der Waals surface area (Å²) in [5.41, 5.74) is 6.84. The lowest BCUT2D eigenvalue weighted by Gasteiger charge is -2.16. The first-order valence-electron chi connectivity index (χ1n) is 7.51. The molecule has 0 saturated heterocycles. The van der Waals surface area contributed by atoms with Crippen LogP contribution in [0.1, 0.15) is 49.9 Å². The van der Waals surface area contributed by atoms with E-state index in [2.05, 4.69) is 17.6 Å². The normalized spacial score (nSPS) is 11.2. The molecular weight excluding hydrogens is 302 g/mol. The number of unbranched alkanes of at least 4 members (excludes halogenated alkanes) is 1. The maximum atomic E-state index is 12.2. The molecule has 0 radical (unpaired) electrons. The van der Waals surface area contributed by atoms with E-state index in [1.165, 1.54) is 0 Å². The molecule has 6 heteroatoms. The quantitative estimate of drug-likeness (QED) is 0.686. The highest BCUT2D eigenvalue weighted by molar-refractivity contribution is 5.97. The Kier molecular flexibility index (Phi) is 10.2. The third-order valence-electron chi connectivity index (χ3n) is 3.26. The van der Waals surface area contributed by atoms with E-state index >= 15 is 0 Å². The van der Waals surface area contributed by atoms with E-state index in [0.29, 0.717) is 24.2 Å². The lowest BCUT2D eigenvalue weighted by molar-refractivity contribution is -0.115. The molecular formula is C16H26ClN3O2. The van der Waals surface area contributed by atoms with Crippen molar-refractivity contribution in [2.45, 2.75) is 45.6 Å². The van der Waals surface area contributed by atoms with Gasteiger partial charge in [0.25, 0.3) is 5.91 Å². The molecule has 1 atom stereocenters. The van der Waals surface area contributed by atoms with Crippen molar-refractivity contribution in [3.63, 3.8) is 0 Å². The Labute approximate surface area is 138 Å². The number of nitrogens with two attached hydrogens (primary N) is 1. The van der Waals surface area contributed by atoms with Gasteiger partial charge in [-0.05, 0) is 24.6 Å². The summed E-state index contributed by atoms with van der Waals surface area (Å²) >= 11 is 0. The molecule has 0 aromatic heterocycles. The van der Waals surface area contributed by atoms with Crippen molar-refractivity contribution in [3.8, 4) is 0 Å². The number of carbonyl (C=O) groups excluding carboxylic acids is 2.